The van der Waals surface area contributed by atoms with Crippen molar-refractivity contribution >= 4 is 28.9 Å². The molecule has 0 saturated carbocycles. The molecule has 2 aliphatic rings. The predicted molar refractivity (Wildman–Crippen MR) is 179 cm³/mol. The van der Waals surface area contributed by atoms with E-state index in [4.69, 9.17) is 4.74 Å². The van der Waals surface area contributed by atoms with E-state index in [9.17, 15) is 22.8 Å². The lowest BCUT2D eigenvalue weighted by Crippen LogP contribution is -2.39. The van der Waals surface area contributed by atoms with Crippen molar-refractivity contribution in [3.05, 3.63) is 95.3 Å². The van der Waals surface area contributed by atoms with E-state index in [0.29, 0.717) is 54.8 Å². The number of rotatable bonds is 12. The molecule has 256 valence electrons. The van der Waals surface area contributed by atoms with Crippen LogP contribution in [0.2, 0.25) is 0 Å². The molecule has 1 saturated heterocycles. The summed E-state index contributed by atoms with van der Waals surface area (Å²) in [6, 6.07) is 21.6. The molecule has 2 unspecified atom stereocenters. The quantitative estimate of drug-likeness (QED) is 0.152. The lowest BCUT2D eigenvalue weighted by atomic mass is 9.90. The number of alkyl halides is 3. The van der Waals surface area contributed by atoms with E-state index in [1.165, 1.54) is 7.11 Å². The van der Waals surface area contributed by atoms with Gasteiger partial charge < -0.3 is 19.1 Å². The Morgan fingerprint density at radius 3 is 2.45 bits per heavy atom. The van der Waals surface area contributed by atoms with Crippen LogP contribution in [0.3, 0.4) is 0 Å². The molecule has 0 spiro atoms. The highest BCUT2D eigenvalue weighted by Gasteiger charge is 2.35. The van der Waals surface area contributed by atoms with Crippen molar-refractivity contribution in [1.29, 1.82) is 0 Å². The van der Waals surface area contributed by atoms with E-state index in [2.05, 4.69) is 37.5 Å². The molecule has 1 fully saturated rings. The first-order valence-electron chi connectivity index (χ1n) is 16.3. The van der Waals surface area contributed by atoms with Gasteiger partial charge in [-0.25, -0.2) is 4.98 Å². The number of nitrogens with zero attached hydrogens (tertiary/aromatic N) is 7. The molecule has 3 heterocycles. The summed E-state index contributed by atoms with van der Waals surface area (Å²) < 4.78 is 46.9. The van der Waals surface area contributed by atoms with Gasteiger partial charge in [0.2, 0.25) is 5.78 Å². The first kappa shape index (κ1) is 34.0. The number of carbonyl (C=O) groups excluding carboxylic acids is 2. The molecule has 49 heavy (non-hydrogen) atoms. The molecule has 2 atom stereocenters. The Morgan fingerprint density at radius 1 is 1.02 bits per heavy atom. The number of piperidine rings is 1. The summed E-state index contributed by atoms with van der Waals surface area (Å²) in [4.78, 5) is 35.7. The number of hydrogen-bond acceptors (Lipinski definition) is 8. The average molecular weight is 674 g/mol. The van der Waals surface area contributed by atoms with Crippen LogP contribution in [0.5, 0.6) is 5.75 Å². The van der Waals surface area contributed by atoms with E-state index >= 15 is 0 Å². The number of amides is 1. The van der Waals surface area contributed by atoms with Crippen molar-refractivity contribution in [3.63, 3.8) is 0 Å². The summed E-state index contributed by atoms with van der Waals surface area (Å²) in [7, 11) is 3.31. The fourth-order valence-electron chi connectivity index (χ4n) is 6.69. The van der Waals surface area contributed by atoms with Crippen LogP contribution in [0.25, 0.3) is 11.0 Å². The predicted octanol–water partition coefficient (Wildman–Crippen LogP) is 6.94. The Bertz CT molecular complexity index is 1840. The third-order valence-electron chi connectivity index (χ3n) is 9.31. The summed E-state index contributed by atoms with van der Waals surface area (Å²) in [6.45, 7) is 1.21. The monoisotopic (exact) mass is 673 g/mol. The number of aromatic nitrogens is 2. The summed E-state index contributed by atoms with van der Waals surface area (Å²) in [5, 5.41) is 11.6. The number of carbonyl (C=O) groups is 2. The fourth-order valence-corrected chi connectivity index (χ4v) is 6.69. The number of likely N-dealkylation sites (tertiary alicyclic amines) is 1. The van der Waals surface area contributed by atoms with Crippen LogP contribution < -0.4 is 4.74 Å². The number of likely N-dealkylation sites (N-methyl/N-ethyl adjacent to an activating group) is 1. The smallest absolute Gasteiger partial charge is 0.406 e. The lowest BCUT2D eigenvalue weighted by molar-refractivity contribution is -0.140. The lowest BCUT2D eigenvalue weighted by Gasteiger charge is -2.33. The first-order valence-corrected chi connectivity index (χ1v) is 16.3. The molecule has 13 heteroatoms. The van der Waals surface area contributed by atoms with Gasteiger partial charge in [-0.2, -0.15) is 18.3 Å². The van der Waals surface area contributed by atoms with Gasteiger partial charge in [0.1, 0.15) is 18.3 Å². The largest absolute Gasteiger partial charge is 0.496 e. The van der Waals surface area contributed by atoms with Gasteiger partial charge in [0, 0.05) is 25.4 Å². The van der Waals surface area contributed by atoms with Gasteiger partial charge >= 0.3 is 6.18 Å². The summed E-state index contributed by atoms with van der Waals surface area (Å²) in [6.07, 6.45) is -1.04. The van der Waals surface area contributed by atoms with Crippen LogP contribution in [-0.2, 0) is 6.54 Å². The van der Waals surface area contributed by atoms with Gasteiger partial charge in [-0.1, -0.05) is 48.5 Å². The maximum Gasteiger partial charge on any atom is 0.406 e. The number of para-hydroxylation sites is 2. The second-order valence-electron chi connectivity index (χ2n) is 12.6. The SMILES string of the molecule is COc1ccc(C2C=NN=N2)cc1C(=O)N(C)CC(CCN1CCC(C(=O)c2nc3ccccc3n2CC(F)(F)F)CC1)c1ccccc1. The molecule has 10 nitrogen and oxygen atoms in total. The number of fused-ring (bicyclic) bond motifs is 1. The molecule has 1 aromatic heterocycles. The summed E-state index contributed by atoms with van der Waals surface area (Å²) >= 11 is 0. The fraction of sp³-hybridized carbons (Fsp3) is 0.389. The van der Waals surface area contributed by atoms with E-state index in [-0.39, 0.29) is 29.5 Å². The Morgan fingerprint density at radius 2 is 1.76 bits per heavy atom. The van der Waals surface area contributed by atoms with Crippen LogP contribution in [0.15, 0.2) is 88.2 Å². The highest BCUT2D eigenvalue weighted by atomic mass is 19.4. The van der Waals surface area contributed by atoms with Crippen LogP contribution in [0.4, 0.5) is 13.2 Å². The topological polar surface area (TPSA) is 105 Å². The molecular weight excluding hydrogens is 635 g/mol. The third kappa shape index (κ3) is 7.88. The molecule has 4 aromatic rings. The Labute approximate surface area is 282 Å². The molecule has 2 aliphatic heterocycles. The second kappa shape index (κ2) is 14.7. The van der Waals surface area contributed by atoms with Gasteiger partial charge in [0.05, 0.1) is 29.9 Å². The van der Waals surface area contributed by atoms with Crippen molar-refractivity contribution in [1.82, 2.24) is 19.4 Å². The Hall–Kier alpha value is -4.91. The zero-order chi connectivity index (χ0) is 34.5. The highest BCUT2D eigenvalue weighted by Crippen LogP contribution is 2.31. The standard InChI is InChI=1S/C36H38F3N7O3/c1-44(35(48)28-20-26(12-13-32(28)49-2)30-21-40-43-42-30)22-27(24-8-4-3-5-9-24)16-19-45-17-14-25(15-18-45)33(47)34-41-29-10-6-7-11-31(29)46(34)23-36(37,38)39/h3-13,20-21,25,27,30H,14-19,22-23H2,1-2H3. The van der Waals surface area contributed by atoms with Crippen LogP contribution in [0.1, 0.15) is 63.3 Å². The van der Waals surface area contributed by atoms with Crippen LogP contribution >= 0.6 is 0 Å². The van der Waals surface area contributed by atoms with Gasteiger partial charge in [0.15, 0.2) is 5.82 Å². The minimum Gasteiger partial charge on any atom is -0.496 e. The number of benzene rings is 3. The zero-order valence-corrected chi connectivity index (χ0v) is 27.4. The molecule has 0 N–H and O–H groups in total. The highest BCUT2D eigenvalue weighted by molar-refractivity contribution is 5.98. The number of methoxy groups -OCH3 is 1. The summed E-state index contributed by atoms with van der Waals surface area (Å²) in [5.74, 6) is -0.558. The number of Topliss-reactive ketones (excluding diaryl/α,β-unsaturated/α-hetero) is 1. The van der Waals surface area contributed by atoms with Crippen molar-refractivity contribution < 1.29 is 27.5 Å². The summed E-state index contributed by atoms with van der Waals surface area (Å²) in [5.41, 5.74) is 3.02. The van der Waals surface area contributed by atoms with Crippen LogP contribution in [0, 0.1) is 5.92 Å². The van der Waals surface area contributed by atoms with E-state index in [0.717, 1.165) is 28.7 Å². The minimum absolute atomic E-state index is 0.0294. The maximum absolute atomic E-state index is 13.8. The van der Waals surface area contributed by atoms with E-state index in [1.807, 2.05) is 24.3 Å². The molecule has 6 rings (SSSR count). The van der Waals surface area contributed by atoms with E-state index in [1.54, 1.807) is 54.6 Å². The van der Waals surface area contributed by atoms with Crippen LogP contribution in [-0.4, -0.2) is 83.8 Å². The van der Waals surface area contributed by atoms with Gasteiger partial charge in [0.25, 0.3) is 5.91 Å². The molecular formula is C36H38F3N7O3. The Balaban J connectivity index is 1.11. The van der Waals surface area contributed by atoms with Gasteiger partial charge in [-0.15, -0.1) is 5.10 Å². The first-order chi connectivity index (χ1) is 23.6. The molecule has 0 radical (unpaired) electrons. The number of halogens is 3. The molecule has 0 bridgehead atoms. The Kier molecular flexibility index (Phi) is 10.2. The number of hydrogen-bond donors (Lipinski definition) is 0. The second-order valence-corrected chi connectivity index (χ2v) is 12.6. The number of imidazole rings is 1. The van der Waals surface area contributed by atoms with Gasteiger partial charge in [-0.3, -0.25) is 9.59 Å². The van der Waals surface area contributed by atoms with Crippen molar-refractivity contribution in [2.75, 3.05) is 40.3 Å². The van der Waals surface area contributed by atoms with Crippen molar-refractivity contribution in [2.45, 2.75) is 43.9 Å². The third-order valence-corrected chi connectivity index (χ3v) is 9.31. The molecule has 1 amide bonds. The van der Waals surface area contributed by atoms with Crippen molar-refractivity contribution in [3.8, 4) is 5.75 Å². The number of ether oxygens (including phenoxy) is 1. The normalized spacial score (nSPS) is 17.4. The van der Waals surface area contributed by atoms with Gasteiger partial charge in [-0.05, 0) is 79.5 Å². The molecule has 3 aromatic carbocycles. The minimum atomic E-state index is -4.48. The average Bonchev–Trinajstić information content (AvgIpc) is 3.78. The van der Waals surface area contributed by atoms with Crippen molar-refractivity contribution in [2.24, 2.45) is 21.4 Å². The maximum atomic E-state index is 13.8. The zero-order valence-electron chi connectivity index (χ0n) is 27.4. The number of ketones is 1. The molecule has 0 aliphatic carbocycles. The van der Waals surface area contributed by atoms with E-state index < -0.39 is 18.6 Å².